The number of pyridine rings is 1. The number of nitrogens with zero attached hydrogens (tertiary/aromatic N) is 3. The van der Waals surface area contributed by atoms with Gasteiger partial charge in [-0.3, -0.25) is 9.98 Å². The first-order valence-electron chi connectivity index (χ1n) is 11.9. The lowest BCUT2D eigenvalue weighted by Crippen LogP contribution is -2.18. The maximum atomic E-state index is 15.6. The molecular weight excluding hydrogens is 536 g/mol. The fourth-order valence-electron chi connectivity index (χ4n) is 3.79. The van der Waals surface area contributed by atoms with E-state index in [0.717, 1.165) is 16.8 Å². The number of benzene rings is 2. The van der Waals surface area contributed by atoms with Crippen LogP contribution in [-0.2, 0) is 9.59 Å². The second kappa shape index (κ2) is 13.3. The van der Waals surface area contributed by atoms with Gasteiger partial charge in [0.25, 0.3) is 0 Å². The van der Waals surface area contributed by atoms with Crippen molar-refractivity contribution < 1.29 is 18.4 Å². The number of carbonyl (C=O) groups excluding carboxylic acids is 2. The van der Waals surface area contributed by atoms with Crippen LogP contribution in [0.1, 0.15) is 23.7 Å². The van der Waals surface area contributed by atoms with E-state index in [1.165, 1.54) is 24.5 Å². The molecule has 40 heavy (non-hydrogen) atoms. The number of rotatable bonds is 7. The molecule has 0 amide bonds. The van der Waals surface area contributed by atoms with Crippen LogP contribution in [0.2, 0.25) is 5.02 Å². The van der Waals surface area contributed by atoms with Gasteiger partial charge in [-0.25, -0.2) is 8.78 Å². The molecule has 7 nitrogen and oxygen atoms in total. The van der Waals surface area contributed by atoms with Crippen molar-refractivity contribution in [3.05, 3.63) is 125 Å². The van der Waals surface area contributed by atoms with Crippen molar-refractivity contribution in [3.63, 3.8) is 0 Å². The number of hydrogen-bond acceptors (Lipinski definition) is 7. The van der Waals surface area contributed by atoms with Crippen LogP contribution < -0.4 is 10.6 Å². The molecule has 10 heteroatoms. The number of aliphatic imine (C=N–C) groups is 1. The van der Waals surface area contributed by atoms with E-state index in [0.29, 0.717) is 27.8 Å². The highest BCUT2D eigenvalue weighted by atomic mass is 35.5. The number of aryl methyl sites for hydroxylation is 2. The van der Waals surface area contributed by atoms with Crippen molar-refractivity contribution in [1.29, 1.82) is 0 Å². The van der Waals surface area contributed by atoms with E-state index in [9.17, 15) is 4.39 Å². The quantitative estimate of drug-likeness (QED) is 0.310. The Kier molecular flexibility index (Phi) is 9.86. The molecule has 0 saturated carbocycles. The summed E-state index contributed by atoms with van der Waals surface area (Å²) in [6.07, 6.45) is 6.37. The molecule has 1 aliphatic rings. The fourth-order valence-corrected chi connectivity index (χ4v) is 3.95. The second-order valence-electron chi connectivity index (χ2n) is 8.57. The zero-order chi connectivity index (χ0) is 29.4. The molecule has 3 aromatic rings. The Labute approximate surface area is 235 Å². The van der Waals surface area contributed by atoms with Crippen LogP contribution in [0, 0.1) is 25.5 Å². The van der Waals surface area contributed by atoms with E-state index in [1.54, 1.807) is 30.3 Å². The number of aromatic nitrogens is 1. The molecule has 0 radical (unpaired) electrons. The van der Waals surface area contributed by atoms with Crippen molar-refractivity contribution in [3.8, 4) is 0 Å². The first-order chi connectivity index (χ1) is 19.1. The molecule has 2 aromatic carbocycles. The molecule has 0 unspecified atom stereocenters. The van der Waals surface area contributed by atoms with Gasteiger partial charge in [-0.15, -0.1) is 0 Å². The molecule has 2 heterocycles. The number of anilines is 3. The Morgan fingerprint density at radius 2 is 1.80 bits per heavy atom. The Morgan fingerprint density at radius 3 is 2.48 bits per heavy atom. The number of halogens is 3. The molecule has 1 aliphatic heterocycles. The normalized spacial score (nSPS) is 13.3. The van der Waals surface area contributed by atoms with Crippen molar-refractivity contribution in [2.45, 2.75) is 20.8 Å². The molecule has 0 bridgehead atoms. The lowest BCUT2D eigenvalue weighted by atomic mass is 10.1. The molecule has 2 N–H and O–H groups in total. The summed E-state index contributed by atoms with van der Waals surface area (Å²) in [6.45, 7) is 13.7. The third-order valence-corrected chi connectivity index (χ3v) is 6.21. The zero-order valence-corrected chi connectivity index (χ0v) is 22.8. The molecule has 0 aliphatic carbocycles. The highest BCUT2D eigenvalue weighted by Crippen LogP contribution is 2.34. The van der Waals surface area contributed by atoms with Gasteiger partial charge in [0.1, 0.15) is 5.82 Å². The minimum atomic E-state index is -0.790. The molecule has 0 fully saturated rings. The van der Waals surface area contributed by atoms with Gasteiger partial charge in [-0.2, -0.15) is 9.59 Å². The summed E-state index contributed by atoms with van der Waals surface area (Å²) >= 11 is 6.03. The van der Waals surface area contributed by atoms with Crippen molar-refractivity contribution >= 4 is 46.7 Å². The maximum absolute atomic E-state index is 15.6. The minimum Gasteiger partial charge on any atom is -0.356 e. The summed E-state index contributed by atoms with van der Waals surface area (Å²) in [5, 5.41) is 6.66. The third kappa shape index (κ3) is 6.77. The van der Waals surface area contributed by atoms with Gasteiger partial charge in [0, 0.05) is 30.0 Å². The summed E-state index contributed by atoms with van der Waals surface area (Å²) in [6, 6.07) is 12.0. The smallest absolute Gasteiger partial charge is 0.356 e. The Morgan fingerprint density at radius 1 is 1.10 bits per heavy atom. The maximum Gasteiger partial charge on any atom is 0.373 e. The summed E-state index contributed by atoms with van der Waals surface area (Å²) in [5.74, 6) is -1.53. The molecule has 4 rings (SSSR count). The first-order valence-corrected chi connectivity index (χ1v) is 12.2. The van der Waals surface area contributed by atoms with Crippen LogP contribution in [0.15, 0.2) is 96.2 Å². The highest BCUT2D eigenvalue weighted by Gasteiger charge is 2.22. The van der Waals surface area contributed by atoms with Crippen LogP contribution in [0.25, 0.3) is 5.70 Å². The minimum absolute atomic E-state index is 0.0677. The van der Waals surface area contributed by atoms with Crippen molar-refractivity contribution in [2.24, 2.45) is 4.99 Å². The van der Waals surface area contributed by atoms with Crippen LogP contribution in [0.4, 0.5) is 25.8 Å². The van der Waals surface area contributed by atoms with E-state index in [4.69, 9.17) is 21.2 Å². The van der Waals surface area contributed by atoms with Gasteiger partial charge in [-0.1, -0.05) is 43.0 Å². The number of nitrogens with one attached hydrogen (secondary N) is 2. The molecule has 0 atom stereocenters. The standard InChI is InChI=1S/C29H26ClF2N5.CO2/c1-6-37-16-26(34-15-27(37)18(3)19(4)35-23-10-8-7-9-17(23)2)28-22(31)11-12-24(29(28)32)36-25-13-21(30)14-33-20(25)5;2-1-3/h6-16,35-36H,1,4H2,2-3,5H3;/b27-18+;. The molecule has 204 valence electrons. The van der Waals surface area contributed by atoms with Gasteiger partial charge in [0.2, 0.25) is 0 Å². The van der Waals surface area contributed by atoms with Crippen LogP contribution in [0.5, 0.6) is 0 Å². The zero-order valence-electron chi connectivity index (χ0n) is 22.1. The van der Waals surface area contributed by atoms with Gasteiger partial charge in [-0.05, 0) is 56.2 Å². The molecule has 1 aromatic heterocycles. The fraction of sp³-hybridized carbons (Fsp3) is 0.100. The lowest BCUT2D eigenvalue weighted by molar-refractivity contribution is -0.191. The molecule has 0 saturated heterocycles. The monoisotopic (exact) mass is 561 g/mol. The summed E-state index contributed by atoms with van der Waals surface area (Å²) in [4.78, 5) is 26.5. The Bertz CT molecular complexity index is 1590. The van der Waals surface area contributed by atoms with Gasteiger partial charge < -0.3 is 15.5 Å². The second-order valence-corrected chi connectivity index (χ2v) is 9.01. The number of para-hydroxylation sites is 1. The van der Waals surface area contributed by atoms with Crippen LogP contribution >= 0.6 is 11.6 Å². The average molecular weight is 562 g/mol. The predicted molar refractivity (Wildman–Crippen MR) is 154 cm³/mol. The number of allylic oxidation sites excluding steroid dienone is 2. The highest BCUT2D eigenvalue weighted by molar-refractivity contribution is 6.30. The molecule has 0 spiro atoms. The van der Waals surface area contributed by atoms with E-state index in [1.807, 2.05) is 38.1 Å². The third-order valence-electron chi connectivity index (χ3n) is 6.00. The largest absolute Gasteiger partial charge is 0.373 e. The Hall–Kier alpha value is -4.85. The van der Waals surface area contributed by atoms with Crippen LogP contribution in [0.3, 0.4) is 0 Å². The van der Waals surface area contributed by atoms with Gasteiger partial charge in [0.15, 0.2) is 5.82 Å². The topological polar surface area (TPSA) is 86.7 Å². The van der Waals surface area contributed by atoms with E-state index in [2.05, 4.69) is 33.8 Å². The number of hydrogen-bond donors (Lipinski definition) is 2. The van der Waals surface area contributed by atoms with Crippen molar-refractivity contribution in [1.82, 2.24) is 9.88 Å². The van der Waals surface area contributed by atoms with E-state index < -0.39 is 11.6 Å². The summed E-state index contributed by atoms with van der Waals surface area (Å²) < 4.78 is 30.5. The van der Waals surface area contributed by atoms with Gasteiger partial charge >= 0.3 is 6.15 Å². The summed E-state index contributed by atoms with van der Waals surface area (Å²) in [7, 11) is 0. The summed E-state index contributed by atoms with van der Waals surface area (Å²) in [5.41, 5.74) is 5.16. The van der Waals surface area contributed by atoms with Gasteiger partial charge in [0.05, 0.1) is 45.3 Å². The predicted octanol–water partition coefficient (Wildman–Crippen LogP) is 7.52. The Balaban J connectivity index is 0.00000141. The van der Waals surface area contributed by atoms with E-state index in [-0.39, 0.29) is 23.1 Å². The van der Waals surface area contributed by atoms with Crippen molar-refractivity contribution in [2.75, 3.05) is 10.6 Å². The first kappa shape index (κ1) is 29.7. The van der Waals surface area contributed by atoms with E-state index >= 15 is 4.39 Å². The average Bonchev–Trinajstić information content (AvgIpc) is 2.93. The van der Waals surface area contributed by atoms with Crippen LogP contribution in [-0.4, -0.2) is 22.2 Å². The SMILES string of the molecule is C=CN1C=C(c2c(F)ccc(Nc3cc(Cl)cnc3C)c2F)N=C/C1=C(/C)C(=C)Nc1ccccc1C.O=C=O. The molecular formula is C30H26ClF2N5O2. The lowest BCUT2D eigenvalue weighted by Gasteiger charge is -2.25.